The van der Waals surface area contributed by atoms with Crippen molar-refractivity contribution in [2.24, 2.45) is 0 Å². The highest BCUT2D eigenvalue weighted by Crippen LogP contribution is 2.29. The third-order valence-corrected chi connectivity index (χ3v) is 5.15. The van der Waals surface area contributed by atoms with E-state index < -0.39 is 5.91 Å². The zero-order chi connectivity index (χ0) is 20.9. The fourth-order valence-electron chi connectivity index (χ4n) is 3.62. The number of nitrogens with zero attached hydrogens (tertiary/aromatic N) is 2. The number of benzene rings is 3. The summed E-state index contributed by atoms with van der Waals surface area (Å²) in [6, 6.07) is 29.5. The first-order valence-electron chi connectivity index (χ1n) is 9.77. The summed E-state index contributed by atoms with van der Waals surface area (Å²) in [5.74, 6) is -0.414. The van der Waals surface area contributed by atoms with Crippen molar-refractivity contribution >= 4 is 28.6 Å². The van der Waals surface area contributed by atoms with Gasteiger partial charge in [-0.15, -0.1) is 0 Å². The van der Waals surface area contributed by atoms with E-state index in [-0.39, 0.29) is 5.57 Å². The molecule has 0 aliphatic carbocycles. The van der Waals surface area contributed by atoms with Gasteiger partial charge in [0.15, 0.2) is 0 Å². The molecule has 4 nitrogen and oxygen atoms in total. The van der Waals surface area contributed by atoms with Crippen molar-refractivity contribution in [2.45, 2.75) is 13.5 Å². The molecule has 0 unspecified atom stereocenters. The minimum atomic E-state index is -0.414. The number of anilines is 1. The summed E-state index contributed by atoms with van der Waals surface area (Å²) in [5, 5.41) is 13.5. The lowest BCUT2D eigenvalue weighted by molar-refractivity contribution is -0.112. The molecule has 0 radical (unpaired) electrons. The summed E-state index contributed by atoms with van der Waals surface area (Å²) in [7, 11) is 0. The zero-order valence-electron chi connectivity index (χ0n) is 16.7. The number of amides is 1. The van der Waals surface area contributed by atoms with E-state index in [2.05, 4.69) is 34.2 Å². The summed E-state index contributed by atoms with van der Waals surface area (Å²) in [6.45, 7) is 2.75. The predicted octanol–water partition coefficient (Wildman–Crippen LogP) is 5.54. The summed E-state index contributed by atoms with van der Waals surface area (Å²) in [4.78, 5) is 12.7. The van der Waals surface area contributed by atoms with Crippen LogP contribution < -0.4 is 5.32 Å². The van der Waals surface area contributed by atoms with Crippen LogP contribution in [0.3, 0.4) is 0 Å². The van der Waals surface area contributed by atoms with Crippen molar-refractivity contribution in [1.82, 2.24) is 4.57 Å². The molecule has 0 saturated carbocycles. The highest BCUT2D eigenvalue weighted by atomic mass is 16.1. The molecule has 3 aromatic carbocycles. The fourth-order valence-corrected chi connectivity index (χ4v) is 3.62. The molecule has 4 rings (SSSR count). The molecule has 1 heterocycles. The number of hydrogen-bond acceptors (Lipinski definition) is 2. The normalized spacial score (nSPS) is 11.3. The molecular weight excluding hydrogens is 370 g/mol. The Morgan fingerprint density at radius 3 is 2.30 bits per heavy atom. The van der Waals surface area contributed by atoms with Gasteiger partial charge in [0.2, 0.25) is 0 Å². The molecule has 146 valence electrons. The van der Waals surface area contributed by atoms with Crippen molar-refractivity contribution in [3.05, 3.63) is 107 Å². The molecule has 1 aromatic heterocycles. The van der Waals surface area contributed by atoms with Crippen LogP contribution in [0.25, 0.3) is 17.0 Å². The molecule has 0 fully saturated rings. The lowest BCUT2D eigenvalue weighted by atomic mass is 10.1. The van der Waals surface area contributed by atoms with Crippen LogP contribution in [0.4, 0.5) is 5.69 Å². The minimum Gasteiger partial charge on any atom is -0.340 e. The van der Waals surface area contributed by atoms with Crippen LogP contribution in [-0.4, -0.2) is 10.5 Å². The van der Waals surface area contributed by atoms with Crippen molar-refractivity contribution in [1.29, 1.82) is 5.26 Å². The molecule has 0 saturated heterocycles. The van der Waals surface area contributed by atoms with E-state index in [1.165, 1.54) is 5.56 Å². The van der Waals surface area contributed by atoms with Gasteiger partial charge in [0, 0.05) is 34.4 Å². The Morgan fingerprint density at radius 1 is 0.967 bits per heavy atom. The van der Waals surface area contributed by atoms with E-state index >= 15 is 0 Å². The third-order valence-electron chi connectivity index (χ3n) is 5.15. The van der Waals surface area contributed by atoms with Crippen LogP contribution in [0.2, 0.25) is 0 Å². The van der Waals surface area contributed by atoms with E-state index in [0.29, 0.717) is 5.69 Å². The van der Waals surface area contributed by atoms with E-state index in [1.54, 1.807) is 18.2 Å². The Hall–Kier alpha value is -4.10. The van der Waals surface area contributed by atoms with E-state index in [0.717, 1.165) is 28.7 Å². The number of nitrogens with one attached hydrogen (secondary N) is 1. The number of rotatable bonds is 5. The number of carbonyl (C=O) groups is 1. The largest absolute Gasteiger partial charge is 0.340 e. The molecule has 1 amide bonds. The quantitative estimate of drug-likeness (QED) is 0.358. The molecule has 1 N–H and O–H groups in total. The second kappa shape index (κ2) is 8.50. The predicted molar refractivity (Wildman–Crippen MR) is 121 cm³/mol. The first-order valence-corrected chi connectivity index (χ1v) is 9.77. The standard InChI is InChI=1S/C26H21N3O/c1-19-24(16-21(17-27)26(30)28-22-12-6-3-7-13-22)23-14-8-9-15-25(23)29(19)18-20-10-4-2-5-11-20/h2-16H,18H2,1H3,(H,28,30)/b21-16-. The van der Waals surface area contributed by atoms with Gasteiger partial charge in [0.05, 0.1) is 0 Å². The number of fused-ring (bicyclic) bond motifs is 1. The van der Waals surface area contributed by atoms with Gasteiger partial charge in [-0.1, -0.05) is 66.7 Å². The Morgan fingerprint density at radius 2 is 1.60 bits per heavy atom. The Bertz CT molecular complexity index is 1260. The van der Waals surface area contributed by atoms with Crippen LogP contribution in [0.1, 0.15) is 16.8 Å². The van der Waals surface area contributed by atoms with Crippen LogP contribution in [-0.2, 0) is 11.3 Å². The van der Waals surface area contributed by atoms with Crippen LogP contribution in [0.15, 0.2) is 90.5 Å². The number of carbonyl (C=O) groups excluding carboxylic acids is 1. The summed E-state index contributed by atoms with van der Waals surface area (Å²) < 4.78 is 2.22. The van der Waals surface area contributed by atoms with Crippen LogP contribution in [0, 0.1) is 18.3 Å². The Kier molecular flexibility index (Phi) is 5.45. The average Bonchev–Trinajstić information content (AvgIpc) is 3.04. The Labute approximate surface area is 175 Å². The van der Waals surface area contributed by atoms with Gasteiger partial charge in [-0.2, -0.15) is 5.26 Å². The highest BCUT2D eigenvalue weighted by Gasteiger charge is 2.16. The number of nitriles is 1. The Balaban J connectivity index is 1.75. The smallest absolute Gasteiger partial charge is 0.266 e. The third kappa shape index (κ3) is 3.87. The fraction of sp³-hybridized carbons (Fsp3) is 0.0769. The van der Waals surface area contributed by atoms with E-state index in [9.17, 15) is 10.1 Å². The van der Waals surface area contributed by atoms with Crippen molar-refractivity contribution < 1.29 is 4.79 Å². The van der Waals surface area contributed by atoms with Gasteiger partial charge in [-0.05, 0) is 36.8 Å². The maximum atomic E-state index is 12.7. The number of aromatic nitrogens is 1. The second-order valence-electron chi connectivity index (χ2n) is 7.08. The van der Waals surface area contributed by atoms with Gasteiger partial charge in [-0.3, -0.25) is 4.79 Å². The van der Waals surface area contributed by atoms with Crippen molar-refractivity contribution in [3.63, 3.8) is 0 Å². The molecule has 0 spiro atoms. The van der Waals surface area contributed by atoms with Gasteiger partial charge in [0.1, 0.15) is 11.6 Å². The van der Waals surface area contributed by atoms with Crippen LogP contribution >= 0.6 is 0 Å². The molecular formula is C26H21N3O. The first-order chi connectivity index (χ1) is 14.7. The molecule has 4 heteroatoms. The van der Waals surface area contributed by atoms with E-state index in [1.807, 2.05) is 61.5 Å². The molecule has 0 aliphatic rings. The van der Waals surface area contributed by atoms with Gasteiger partial charge in [0.25, 0.3) is 5.91 Å². The van der Waals surface area contributed by atoms with Crippen molar-refractivity contribution in [2.75, 3.05) is 5.32 Å². The summed E-state index contributed by atoms with van der Waals surface area (Å²) >= 11 is 0. The highest BCUT2D eigenvalue weighted by molar-refractivity contribution is 6.11. The van der Waals surface area contributed by atoms with Gasteiger partial charge >= 0.3 is 0 Å². The zero-order valence-corrected chi connectivity index (χ0v) is 16.7. The lowest BCUT2D eigenvalue weighted by Gasteiger charge is -2.09. The SMILES string of the molecule is Cc1c(/C=C(/C#N)C(=O)Nc2ccccc2)c2ccccc2n1Cc1ccccc1. The lowest BCUT2D eigenvalue weighted by Crippen LogP contribution is -2.13. The maximum Gasteiger partial charge on any atom is 0.266 e. The summed E-state index contributed by atoms with van der Waals surface area (Å²) in [5.41, 5.74) is 4.91. The molecule has 0 aliphatic heterocycles. The summed E-state index contributed by atoms with van der Waals surface area (Å²) in [6.07, 6.45) is 1.69. The van der Waals surface area contributed by atoms with E-state index in [4.69, 9.17) is 0 Å². The average molecular weight is 391 g/mol. The monoisotopic (exact) mass is 391 g/mol. The van der Waals surface area contributed by atoms with Crippen LogP contribution in [0.5, 0.6) is 0 Å². The maximum absolute atomic E-state index is 12.7. The molecule has 30 heavy (non-hydrogen) atoms. The second-order valence-corrected chi connectivity index (χ2v) is 7.08. The number of para-hydroxylation sites is 2. The molecule has 0 bridgehead atoms. The topological polar surface area (TPSA) is 57.8 Å². The molecule has 4 aromatic rings. The first kappa shape index (κ1) is 19.2. The minimum absolute atomic E-state index is 0.0737. The molecule has 0 atom stereocenters. The van der Waals surface area contributed by atoms with Gasteiger partial charge < -0.3 is 9.88 Å². The van der Waals surface area contributed by atoms with Crippen molar-refractivity contribution in [3.8, 4) is 6.07 Å². The number of hydrogen-bond donors (Lipinski definition) is 1. The van der Waals surface area contributed by atoms with Gasteiger partial charge in [-0.25, -0.2) is 0 Å².